The fraction of sp³-hybridized carbons (Fsp3) is 0.375. The maximum absolute atomic E-state index is 12.7. The molecular weight excluding hydrogens is 432 g/mol. The Bertz CT molecular complexity index is 994. The van der Waals surface area contributed by atoms with Gasteiger partial charge in [0.1, 0.15) is 6.04 Å². The molecule has 1 aliphatic rings. The predicted molar refractivity (Wildman–Crippen MR) is 121 cm³/mol. The molecule has 1 fully saturated rings. The Morgan fingerprint density at radius 3 is 2.56 bits per heavy atom. The fourth-order valence-electron chi connectivity index (χ4n) is 3.83. The second kappa shape index (κ2) is 11.0. The molecule has 2 aromatic rings. The summed E-state index contributed by atoms with van der Waals surface area (Å²) in [6, 6.07) is 11.8. The number of likely N-dealkylation sites (tertiary alicyclic amines) is 1. The number of hydrogen-bond acceptors (Lipinski definition) is 5. The van der Waals surface area contributed by atoms with Gasteiger partial charge in [-0.1, -0.05) is 29.8 Å². The van der Waals surface area contributed by atoms with Crippen LogP contribution in [0.5, 0.6) is 11.5 Å². The van der Waals surface area contributed by atoms with Crippen LogP contribution in [0.15, 0.2) is 42.5 Å². The minimum Gasteiger partial charge on any atom is -0.493 e. The van der Waals surface area contributed by atoms with Crippen molar-refractivity contribution in [2.24, 2.45) is 0 Å². The summed E-state index contributed by atoms with van der Waals surface area (Å²) < 4.78 is 10.5. The lowest BCUT2D eigenvalue weighted by molar-refractivity contribution is -0.147. The zero-order chi connectivity index (χ0) is 23.1. The highest BCUT2D eigenvalue weighted by molar-refractivity contribution is 6.37. The van der Waals surface area contributed by atoms with E-state index in [0.29, 0.717) is 54.4 Å². The molecule has 0 aliphatic carbocycles. The number of ether oxygens (including phenoxy) is 2. The summed E-state index contributed by atoms with van der Waals surface area (Å²) >= 11 is 5.95. The molecule has 1 atom stereocenters. The van der Waals surface area contributed by atoms with Crippen LogP contribution in [0.2, 0.25) is 5.02 Å². The van der Waals surface area contributed by atoms with Crippen LogP contribution in [-0.2, 0) is 27.2 Å². The SMILES string of the molecule is COc1ccc(CCNC(=O)[C@@H]2CCCN2C(=O)C(=O)Cc2cccc(Cl)c2)cc1OC. The van der Waals surface area contributed by atoms with Crippen LogP contribution in [-0.4, -0.2) is 55.8 Å². The lowest BCUT2D eigenvalue weighted by Gasteiger charge is -2.23. The highest BCUT2D eigenvalue weighted by atomic mass is 35.5. The highest BCUT2D eigenvalue weighted by Crippen LogP contribution is 2.27. The van der Waals surface area contributed by atoms with Crippen molar-refractivity contribution in [1.82, 2.24) is 10.2 Å². The van der Waals surface area contributed by atoms with Crippen LogP contribution < -0.4 is 14.8 Å². The van der Waals surface area contributed by atoms with E-state index in [0.717, 1.165) is 5.56 Å². The van der Waals surface area contributed by atoms with Crippen molar-refractivity contribution in [2.45, 2.75) is 31.7 Å². The number of carbonyl (C=O) groups is 3. The average molecular weight is 459 g/mol. The first-order chi connectivity index (χ1) is 15.4. The number of Topliss-reactive ketones (excluding diaryl/α,β-unsaturated/α-hetero) is 1. The Hall–Kier alpha value is -3.06. The molecule has 1 aliphatic heterocycles. The molecule has 170 valence electrons. The summed E-state index contributed by atoms with van der Waals surface area (Å²) in [5.41, 5.74) is 1.66. The Kier molecular flexibility index (Phi) is 8.11. The largest absolute Gasteiger partial charge is 0.493 e. The summed E-state index contributed by atoms with van der Waals surface area (Å²) in [5, 5.41) is 3.40. The Morgan fingerprint density at radius 2 is 1.84 bits per heavy atom. The van der Waals surface area contributed by atoms with Gasteiger partial charge in [-0.15, -0.1) is 0 Å². The second-order valence-electron chi connectivity index (χ2n) is 7.62. The van der Waals surface area contributed by atoms with Gasteiger partial charge in [0.15, 0.2) is 11.5 Å². The van der Waals surface area contributed by atoms with E-state index in [9.17, 15) is 14.4 Å². The van der Waals surface area contributed by atoms with Gasteiger partial charge in [-0.25, -0.2) is 0 Å². The van der Waals surface area contributed by atoms with E-state index in [1.54, 1.807) is 38.5 Å². The second-order valence-corrected chi connectivity index (χ2v) is 8.05. The topological polar surface area (TPSA) is 84.9 Å². The molecule has 0 radical (unpaired) electrons. The van der Waals surface area contributed by atoms with Crippen LogP contribution in [0.1, 0.15) is 24.0 Å². The third-order valence-corrected chi connectivity index (χ3v) is 5.70. The standard InChI is InChI=1S/C24H27ClN2O5/c1-31-21-9-8-16(15-22(21)32-2)10-11-26-23(29)19-7-4-12-27(19)24(30)20(28)14-17-5-3-6-18(25)13-17/h3,5-6,8-9,13,15,19H,4,7,10-12,14H2,1-2H3,(H,26,29)/t19-/m0/s1. The molecule has 0 aromatic heterocycles. The molecule has 1 heterocycles. The molecule has 32 heavy (non-hydrogen) atoms. The van der Waals surface area contributed by atoms with E-state index in [1.807, 2.05) is 18.2 Å². The number of nitrogens with one attached hydrogen (secondary N) is 1. The van der Waals surface area contributed by atoms with Gasteiger partial charge in [-0.2, -0.15) is 0 Å². The van der Waals surface area contributed by atoms with E-state index in [4.69, 9.17) is 21.1 Å². The Balaban J connectivity index is 1.54. The first kappa shape index (κ1) is 23.6. The van der Waals surface area contributed by atoms with E-state index in [1.165, 1.54) is 4.90 Å². The van der Waals surface area contributed by atoms with Crippen LogP contribution >= 0.6 is 11.6 Å². The van der Waals surface area contributed by atoms with Gasteiger partial charge >= 0.3 is 0 Å². The van der Waals surface area contributed by atoms with Gasteiger partial charge in [-0.05, 0) is 54.7 Å². The van der Waals surface area contributed by atoms with Crippen molar-refractivity contribution >= 4 is 29.2 Å². The lowest BCUT2D eigenvalue weighted by atomic mass is 10.1. The van der Waals surface area contributed by atoms with Gasteiger partial charge in [-0.3, -0.25) is 14.4 Å². The predicted octanol–water partition coefficient (Wildman–Crippen LogP) is 2.82. The number of methoxy groups -OCH3 is 2. The first-order valence-electron chi connectivity index (χ1n) is 10.5. The summed E-state index contributed by atoms with van der Waals surface area (Å²) in [4.78, 5) is 39.3. The van der Waals surface area contributed by atoms with Crippen LogP contribution in [0.4, 0.5) is 0 Å². The Morgan fingerprint density at radius 1 is 1.06 bits per heavy atom. The van der Waals surface area contributed by atoms with Crippen molar-refractivity contribution in [1.29, 1.82) is 0 Å². The molecule has 8 heteroatoms. The molecule has 0 saturated carbocycles. The first-order valence-corrected chi connectivity index (χ1v) is 10.9. The van der Waals surface area contributed by atoms with Crippen molar-refractivity contribution in [3.63, 3.8) is 0 Å². The van der Waals surface area contributed by atoms with Gasteiger partial charge in [0.25, 0.3) is 5.91 Å². The number of halogens is 1. The summed E-state index contributed by atoms with van der Waals surface area (Å²) in [7, 11) is 3.15. The van der Waals surface area contributed by atoms with Gasteiger partial charge in [0.2, 0.25) is 11.7 Å². The molecule has 0 spiro atoms. The molecular formula is C24H27ClN2O5. The van der Waals surface area contributed by atoms with Gasteiger partial charge in [0.05, 0.1) is 14.2 Å². The minimum atomic E-state index is -0.629. The normalized spacial score (nSPS) is 15.3. The summed E-state index contributed by atoms with van der Waals surface area (Å²) in [6.45, 7) is 0.803. The van der Waals surface area contributed by atoms with E-state index in [2.05, 4.69) is 5.32 Å². The van der Waals surface area contributed by atoms with Crippen molar-refractivity contribution < 1.29 is 23.9 Å². The third kappa shape index (κ3) is 5.79. The molecule has 3 rings (SSSR count). The number of benzene rings is 2. The van der Waals surface area contributed by atoms with Crippen LogP contribution in [0.3, 0.4) is 0 Å². The van der Waals surface area contributed by atoms with Crippen molar-refractivity contribution in [3.05, 3.63) is 58.6 Å². The molecule has 1 saturated heterocycles. The van der Waals surface area contributed by atoms with Crippen LogP contribution in [0.25, 0.3) is 0 Å². The minimum absolute atomic E-state index is 0.0382. The molecule has 0 unspecified atom stereocenters. The molecule has 7 nitrogen and oxygen atoms in total. The van der Waals surface area contributed by atoms with Gasteiger partial charge in [0, 0.05) is 24.5 Å². The average Bonchev–Trinajstić information content (AvgIpc) is 3.28. The fourth-order valence-corrected chi connectivity index (χ4v) is 4.05. The monoisotopic (exact) mass is 458 g/mol. The van der Waals surface area contributed by atoms with E-state index < -0.39 is 17.7 Å². The molecule has 1 N–H and O–H groups in total. The highest BCUT2D eigenvalue weighted by Gasteiger charge is 2.36. The maximum Gasteiger partial charge on any atom is 0.290 e. The van der Waals surface area contributed by atoms with Crippen LogP contribution in [0, 0.1) is 0 Å². The number of ketones is 1. The third-order valence-electron chi connectivity index (χ3n) is 5.47. The summed E-state index contributed by atoms with van der Waals surface area (Å²) in [5.74, 6) is -0.142. The summed E-state index contributed by atoms with van der Waals surface area (Å²) in [6.07, 6.45) is 1.78. The smallest absolute Gasteiger partial charge is 0.290 e. The number of rotatable bonds is 9. The molecule has 0 bridgehead atoms. The van der Waals surface area contributed by atoms with Crippen molar-refractivity contribution in [2.75, 3.05) is 27.3 Å². The zero-order valence-corrected chi connectivity index (χ0v) is 19.0. The van der Waals surface area contributed by atoms with E-state index in [-0.39, 0.29) is 12.3 Å². The molecule has 2 amide bonds. The number of amides is 2. The molecule has 2 aromatic carbocycles. The van der Waals surface area contributed by atoms with Crippen molar-refractivity contribution in [3.8, 4) is 11.5 Å². The number of carbonyl (C=O) groups excluding carboxylic acids is 3. The zero-order valence-electron chi connectivity index (χ0n) is 18.2. The number of hydrogen-bond donors (Lipinski definition) is 1. The van der Waals surface area contributed by atoms with Gasteiger partial charge < -0.3 is 19.7 Å². The number of nitrogens with zero attached hydrogens (tertiary/aromatic N) is 1. The Labute approximate surface area is 192 Å². The lowest BCUT2D eigenvalue weighted by Crippen LogP contribution is -2.48. The quantitative estimate of drug-likeness (QED) is 0.584. The maximum atomic E-state index is 12.7. The van der Waals surface area contributed by atoms with E-state index >= 15 is 0 Å².